The molecule has 1 fully saturated rings. The van der Waals surface area contributed by atoms with Crippen molar-refractivity contribution in [3.8, 4) is 5.69 Å². The zero-order valence-corrected chi connectivity index (χ0v) is 17.0. The molecule has 1 aliphatic heterocycles. The normalized spacial score (nSPS) is 15.0. The maximum Gasteiger partial charge on any atom is 0.227 e. The van der Waals surface area contributed by atoms with Crippen LogP contribution in [0.4, 0.5) is 0 Å². The molecule has 1 aromatic heterocycles. The Balaban J connectivity index is 0.00000243. The minimum absolute atomic E-state index is 0. The van der Waals surface area contributed by atoms with Gasteiger partial charge in [0, 0.05) is 35.4 Å². The molecular formula is C19H26Cl2N4O. The molecular weight excluding hydrogens is 371 g/mol. The molecule has 1 N–H and O–H groups in total. The first-order valence-corrected chi connectivity index (χ1v) is 9.13. The molecule has 0 bridgehead atoms. The molecule has 0 radical (unpaired) electrons. The first-order valence-electron chi connectivity index (χ1n) is 8.75. The predicted octanol–water partition coefficient (Wildman–Crippen LogP) is 3.32. The van der Waals surface area contributed by atoms with Crippen molar-refractivity contribution in [3.63, 3.8) is 0 Å². The van der Waals surface area contributed by atoms with Crippen molar-refractivity contribution in [1.82, 2.24) is 20.0 Å². The fourth-order valence-electron chi connectivity index (χ4n) is 3.45. The van der Waals surface area contributed by atoms with Crippen molar-refractivity contribution >= 4 is 29.9 Å². The van der Waals surface area contributed by atoms with Gasteiger partial charge in [-0.05, 0) is 58.0 Å². The summed E-state index contributed by atoms with van der Waals surface area (Å²) >= 11 is 5.97. The Morgan fingerprint density at radius 2 is 1.85 bits per heavy atom. The summed E-state index contributed by atoms with van der Waals surface area (Å²) in [6, 6.07) is 8.11. The van der Waals surface area contributed by atoms with Crippen molar-refractivity contribution in [1.29, 1.82) is 0 Å². The summed E-state index contributed by atoms with van der Waals surface area (Å²) in [5, 5.41) is 8.62. The third kappa shape index (κ3) is 4.40. The highest BCUT2D eigenvalue weighted by Crippen LogP contribution is 2.21. The van der Waals surface area contributed by atoms with E-state index in [1.165, 1.54) is 0 Å². The molecule has 7 heteroatoms. The second-order valence-electron chi connectivity index (χ2n) is 6.66. The van der Waals surface area contributed by atoms with E-state index in [1.54, 1.807) is 0 Å². The lowest BCUT2D eigenvalue weighted by Gasteiger charge is -2.32. The van der Waals surface area contributed by atoms with Gasteiger partial charge < -0.3 is 10.2 Å². The molecule has 1 saturated heterocycles. The number of piperidine rings is 1. The van der Waals surface area contributed by atoms with Crippen LogP contribution in [-0.4, -0.2) is 46.8 Å². The third-order valence-corrected chi connectivity index (χ3v) is 5.35. The van der Waals surface area contributed by atoms with Gasteiger partial charge in [0.05, 0.1) is 17.8 Å². The highest BCUT2D eigenvalue weighted by Gasteiger charge is 2.24. The number of aromatic nitrogens is 2. The Hall–Kier alpha value is -1.56. The number of hydrogen-bond donors (Lipinski definition) is 1. The van der Waals surface area contributed by atoms with Gasteiger partial charge in [0.25, 0.3) is 0 Å². The number of aryl methyl sites for hydroxylation is 1. The van der Waals surface area contributed by atoms with Crippen LogP contribution in [0.15, 0.2) is 24.3 Å². The van der Waals surface area contributed by atoms with Crippen LogP contribution in [0.25, 0.3) is 5.69 Å². The summed E-state index contributed by atoms with van der Waals surface area (Å²) in [4.78, 5) is 14.7. The van der Waals surface area contributed by atoms with Gasteiger partial charge in [0.1, 0.15) is 0 Å². The lowest BCUT2D eigenvalue weighted by molar-refractivity contribution is -0.131. The maximum atomic E-state index is 12.7. The van der Waals surface area contributed by atoms with Crippen molar-refractivity contribution in [2.24, 2.45) is 0 Å². The summed E-state index contributed by atoms with van der Waals surface area (Å²) < 4.78 is 1.89. The van der Waals surface area contributed by atoms with Gasteiger partial charge in [-0.2, -0.15) is 5.10 Å². The molecule has 1 aliphatic rings. The van der Waals surface area contributed by atoms with E-state index in [4.69, 9.17) is 11.6 Å². The maximum absolute atomic E-state index is 12.7. The van der Waals surface area contributed by atoms with Crippen LogP contribution in [-0.2, 0) is 11.2 Å². The average Bonchev–Trinajstić information content (AvgIpc) is 2.90. The van der Waals surface area contributed by atoms with E-state index in [0.717, 1.165) is 48.6 Å². The summed E-state index contributed by atoms with van der Waals surface area (Å²) in [6.07, 6.45) is 2.45. The molecule has 0 atom stereocenters. The van der Waals surface area contributed by atoms with E-state index in [0.29, 0.717) is 17.5 Å². The highest BCUT2D eigenvalue weighted by molar-refractivity contribution is 6.30. The van der Waals surface area contributed by atoms with Crippen molar-refractivity contribution in [2.45, 2.75) is 39.2 Å². The number of likely N-dealkylation sites (tertiary alicyclic amines) is 1. The van der Waals surface area contributed by atoms with Crippen LogP contribution in [0.2, 0.25) is 5.02 Å². The number of carbonyl (C=O) groups excluding carboxylic acids is 1. The summed E-state index contributed by atoms with van der Waals surface area (Å²) in [5.41, 5.74) is 3.90. The number of amides is 1. The zero-order chi connectivity index (χ0) is 18.0. The number of rotatable bonds is 4. The van der Waals surface area contributed by atoms with E-state index < -0.39 is 0 Å². The second kappa shape index (κ2) is 8.89. The fourth-order valence-corrected chi connectivity index (χ4v) is 3.57. The van der Waals surface area contributed by atoms with Crippen molar-refractivity contribution in [3.05, 3.63) is 46.2 Å². The average molecular weight is 397 g/mol. The summed E-state index contributed by atoms with van der Waals surface area (Å²) in [5.74, 6) is 0.191. The van der Waals surface area contributed by atoms with Gasteiger partial charge in [-0.3, -0.25) is 4.79 Å². The van der Waals surface area contributed by atoms with Gasteiger partial charge in [-0.15, -0.1) is 12.4 Å². The number of carbonyl (C=O) groups is 1. The smallest absolute Gasteiger partial charge is 0.227 e. The quantitative estimate of drug-likeness (QED) is 0.861. The van der Waals surface area contributed by atoms with Crippen LogP contribution in [0.1, 0.15) is 29.8 Å². The van der Waals surface area contributed by atoms with Gasteiger partial charge in [0.2, 0.25) is 5.91 Å². The van der Waals surface area contributed by atoms with Gasteiger partial charge >= 0.3 is 0 Å². The Morgan fingerprint density at radius 3 is 2.42 bits per heavy atom. The lowest BCUT2D eigenvalue weighted by atomic mass is 10.0. The second-order valence-corrected chi connectivity index (χ2v) is 7.09. The number of nitrogens with one attached hydrogen (secondary N) is 1. The van der Waals surface area contributed by atoms with Crippen LogP contribution >= 0.6 is 24.0 Å². The van der Waals surface area contributed by atoms with Crippen LogP contribution in [0.3, 0.4) is 0 Å². The Kier molecular flexibility index (Phi) is 7.09. The molecule has 2 heterocycles. The van der Waals surface area contributed by atoms with Crippen LogP contribution in [0, 0.1) is 13.8 Å². The zero-order valence-electron chi connectivity index (χ0n) is 15.5. The van der Waals surface area contributed by atoms with Crippen LogP contribution < -0.4 is 5.32 Å². The molecule has 142 valence electrons. The molecule has 1 aromatic carbocycles. The molecule has 0 unspecified atom stereocenters. The molecule has 2 aromatic rings. The Morgan fingerprint density at radius 1 is 1.23 bits per heavy atom. The van der Waals surface area contributed by atoms with E-state index >= 15 is 0 Å². The first kappa shape index (κ1) is 20.7. The van der Waals surface area contributed by atoms with E-state index in [2.05, 4.69) is 10.4 Å². The van der Waals surface area contributed by atoms with Crippen LogP contribution in [0.5, 0.6) is 0 Å². The molecule has 0 spiro atoms. The molecule has 26 heavy (non-hydrogen) atoms. The Labute approximate surface area is 166 Å². The number of nitrogens with zero attached hydrogens (tertiary/aromatic N) is 3. The van der Waals surface area contributed by atoms with E-state index in [-0.39, 0.29) is 18.3 Å². The molecule has 1 amide bonds. The number of halogens is 2. The highest BCUT2D eigenvalue weighted by atomic mass is 35.5. The summed E-state index contributed by atoms with van der Waals surface area (Å²) in [7, 11) is 1.99. The monoisotopic (exact) mass is 396 g/mol. The van der Waals surface area contributed by atoms with Gasteiger partial charge in [-0.1, -0.05) is 11.6 Å². The molecule has 3 rings (SSSR count). The lowest BCUT2D eigenvalue weighted by Crippen LogP contribution is -2.44. The first-order chi connectivity index (χ1) is 12.0. The fraction of sp³-hybridized carbons (Fsp3) is 0.474. The minimum atomic E-state index is 0. The molecule has 0 aliphatic carbocycles. The Bertz CT molecular complexity index is 750. The predicted molar refractivity (Wildman–Crippen MR) is 108 cm³/mol. The number of hydrogen-bond acceptors (Lipinski definition) is 3. The summed E-state index contributed by atoms with van der Waals surface area (Å²) in [6.45, 7) is 5.64. The minimum Gasteiger partial charge on any atom is -0.342 e. The SMILES string of the molecule is CNC1CCN(C(=O)Cc2c(C)nn(-c3ccc(Cl)cc3)c2C)CC1.Cl. The largest absolute Gasteiger partial charge is 0.342 e. The van der Waals surface area contributed by atoms with Crippen molar-refractivity contribution < 1.29 is 4.79 Å². The molecule has 5 nitrogen and oxygen atoms in total. The van der Waals surface area contributed by atoms with Gasteiger partial charge in [0.15, 0.2) is 0 Å². The number of benzene rings is 1. The molecule has 0 saturated carbocycles. The standard InChI is InChI=1S/C19H25ClN4O.ClH/c1-13-18(12-19(25)23-10-8-16(21-3)9-11-23)14(2)24(22-13)17-6-4-15(20)5-7-17;/h4-7,16,21H,8-12H2,1-3H3;1H. The van der Waals surface area contributed by atoms with E-state index in [1.807, 2.05) is 54.7 Å². The van der Waals surface area contributed by atoms with Gasteiger partial charge in [-0.25, -0.2) is 4.68 Å². The van der Waals surface area contributed by atoms with Crippen molar-refractivity contribution in [2.75, 3.05) is 20.1 Å². The topological polar surface area (TPSA) is 50.2 Å². The third-order valence-electron chi connectivity index (χ3n) is 5.10. The van der Waals surface area contributed by atoms with E-state index in [9.17, 15) is 4.79 Å².